The molecule has 0 bridgehead atoms. The number of hydrogen-bond acceptors (Lipinski definition) is 5. The third kappa shape index (κ3) is 5.96. The maximum atomic E-state index is 5.64. The number of guanidine groups is 1. The zero-order valence-electron chi connectivity index (χ0n) is 18.5. The first kappa shape index (κ1) is 22.1. The molecule has 2 aliphatic rings. The molecule has 1 aromatic heterocycles. The zero-order valence-corrected chi connectivity index (χ0v) is 18.5. The summed E-state index contributed by atoms with van der Waals surface area (Å²) in [4.78, 5) is 9.88. The summed E-state index contributed by atoms with van der Waals surface area (Å²) in [5.74, 6) is 1.86. The van der Waals surface area contributed by atoms with Gasteiger partial charge in [-0.15, -0.1) is 0 Å². The minimum absolute atomic E-state index is 0.164. The van der Waals surface area contributed by atoms with E-state index in [0.29, 0.717) is 0 Å². The molecule has 7 heteroatoms. The lowest BCUT2D eigenvalue weighted by Crippen LogP contribution is -2.56. The number of likely N-dealkylation sites (N-methyl/N-ethyl adjacent to an activating group) is 1. The summed E-state index contributed by atoms with van der Waals surface area (Å²) in [5, 5.41) is 6.97. The fourth-order valence-corrected chi connectivity index (χ4v) is 4.60. The Balaban J connectivity index is 1.67. The van der Waals surface area contributed by atoms with Gasteiger partial charge in [0.05, 0.1) is 32.1 Å². The lowest BCUT2D eigenvalue weighted by atomic mass is 9.80. The van der Waals surface area contributed by atoms with Crippen LogP contribution in [0, 0.1) is 0 Å². The van der Waals surface area contributed by atoms with E-state index in [1.54, 1.807) is 6.26 Å². The minimum atomic E-state index is 0.164. The van der Waals surface area contributed by atoms with Crippen molar-refractivity contribution in [1.29, 1.82) is 0 Å². The summed E-state index contributed by atoms with van der Waals surface area (Å²) in [7, 11) is 4.16. The number of furan rings is 1. The van der Waals surface area contributed by atoms with Crippen LogP contribution < -0.4 is 10.6 Å². The van der Waals surface area contributed by atoms with Gasteiger partial charge in [0.25, 0.3) is 0 Å². The highest BCUT2D eigenvalue weighted by Crippen LogP contribution is 2.34. The van der Waals surface area contributed by atoms with Crippen molar-refractivity contribution in [2.75, 3.05) is 60.0 Å². The van der Waals surface area contributed by atoms with Crippen molar-refractivity contribution in [3.8, 4) is 0 Å². The second kappa shape index (κ2) is 11.0. The van der Waals surface area contributed by atoms with Crippen molar-refractivity contribution in [3.63, 3.8) is 0 Å². The van der Waals surface area contributed by atoms with Crippen molar-refractivity contribution < 1.29 is 9.15 Å². The summed E-state index contributed by atoms with van der Waals surface area (Å²) in [6.45, 7) is 8.30. The molecule has 0 spiro atoms. The number of rotatable bonds is 8. The van der Waals surface area contributed by atoms with Crippen LogP contribution in [0.4, 0.5) is 0 Å². The van der Waals surface area contributed by atoms with Crippen molar-refractivity contribution in [1.82, 2.24) is 20.4 Å². The summed E-state index contributed by atoms with van der Waals surface area (Å²) in [5.41, 5.74) is 0.187. The molecule has 7 nitrogen and oxygen atoms in total. The van der Waals surface area contributed by atoms with Crippen LogP contribution in [-0.4, -0.2) is 81.3 Å². The molecule has 29 heavy (non-hydrogen) atoms. The number of aliphatic imine (C=N–C) groups is 1. The van der Waals surface area contributed by atoms with Crippen molar-refractivity contribution >= 4 is 5.96 Å². The van der Waals surface area contributed by atoms with Gasteiger partial charge >= 0.3 is 0 Å². The monoisotopic (exact) mass is 405 g/mol. The standard InChI is InChI=1S/C22H39N5O2/c1-4-23-21(24-17-19(26(2)3)20-9-8-14-29-20)25-18-22(10-6-5-7-11-22)27-12-15-28-16-13-27/h8-9,14,19H,4-7,10-13,15-18H2,1-3H3,(H2,23,24,25). The van der Waals surface area contributed by atoms with E-state index in [0.717, 1.165) is 57.7 Å². The van der Waals surface area contributed by atoms with Crippen LogP contribution >= 0.6 is 0 Å². The molecule has 2 fully saturated rings. The molecule has 1 atom stereocenters. The molecule has 1 saturated heterocycles. The molecule has 3 rings (SSSR count). The number of hydrogen-bond donors (Lipinski definition) is 2. The molecule has 0 radical (unpaired) electrons. The van der Waals surface area contributed by atoms with Crippen LogP contribution in [0.1, 0.15) is 50.8 Å². The van der Waals surface area contributed by atoms with E-state index in [2.05, 4.69) is 41.5 Å². The first-order valence-electron chi connectivity index (χ1n) is 11.2. The smallest absolute Gasteiger partial charge is 0.191 e. The van der Waals surface area contributed by atoms with Gasteiger partial charge in [-0.25, -0.2) is 0 Å². The summed E-state index contributed by atoms with van der Waals surface area (Å²) >= 11 is 0. The van der Waals surface area contributed by atoms with E-state index in [4.69, 9.17) is 14.1 Å². The quantitative estimate of drug-likeness (QED) is 0.512. The van der Waals surface area contributed by atoms with Crippen LogP contribution in [0.5, 0.6) is 0 Å². The van der Waals surface area contributed by atoms with E-state index in [1.165, 1.54) is 32.1 Å². The first-order chi connectivity index (χ1) is 14.1. The molecule has 0 amide bonds. The van der Waals surface area contributed by atoms with Gasteiger partial charge in [-0.05, 0) is 46.0 Å². The Morgan fingerprint density at radius 3 is 2.59 bits per heavy atom. The normalized spacial score (nSPS) is 21.9. The Bertz CT molecular complexity index is 605. The van der Waals surface area contributed by atoms with Gasteiger partial charge in [0, 0.05) is 31.7 Å². The average Bonchev–Trinajstić information content (AvgIpc) is 3.27. The number of morpholine rings is 1. The van der Waals surface area contributed by atoms with E-state index < -0.39 is 0 Å². The van der Waals surface area contributed by atoms with E-state index in [9.17, 15) is 0 Å². The van der Waals surface area contributed by atoms with Gasteiger partial charge in [0.1, 0.15) is 5.76 Å². The zero-order chi connectivity index (χ0) is 20.5. The van der Waals surface area contributed by atoms with E-state index >= 15 is 0 Å². The van der Waals surface area contributed by atoms with Crippen molar-refractivity contribution in [2.24, 2.45) is 4.99 Å². The molecular formula is C22H39N5O2. The second-order valence-corrected chi connectivity index (χ2v) is 8.46. The highest BCUT2D eigenvalue weighted by Gasteiger charge is 2.38. The SMILES string of the molecule is CCNC(=NCC1(N2CCOCC2)CCCCC1)NCC(c1ccco1)N(C)C. The van der Waals surface area contributed by atoms with Crippen molar-refractivity contribution in [3.05, 3.63) is 24.2 Å². The predicted molar refractivity (Wildman–Crippen MR) is 117 cm³/mol. The molecule has 1 aromatic rings. The molecule has 164 valence electrons. The van der Waals surface area contributed by atoms with Gasteiger partial charge in [-0.1, -0.05) is 19.3 Å². The minimum Gasteiger partial charge on any atom is -0.468 e. The highest BCUT2D eigenvalue weighted by atomic mass is 16.5. The highest BCUT2D eigenvalue weighted by molar-refractivity contribution is 5.79. The van der Waals surface area contributed by atoms with Crippen LogP contribution in [-0.2, 0) is 4.74 Å². The van der Waals surface area contributed by atoms with E-state index in [-0.39, 0.29) is 11.6 Å². The topological polar surface area (TPSA) is 65.3 Å². The Morgan fingerprint density at radius 2 is 1.97 bits per heavy atom. The van der Waals surface area contributed by atoms with E-state index in [1.807, 2.05) is 12.1 Å². The first-order valence-corrected chi connectivity index (χ1v) is 11.2. The van der Waals surface area contributed by atoms with Crippen molar-refractivity contribution in [2.45, 2.75) is 50.6 Å². The third-order valence-electron chi connectivity index (χ3n) is 6.30. The lowest BCUT2D eigenvalue weighted by molar-refractivity contribution is -0.0333. The average molecular weight is 406 g/mol. The largest absolute Gasteiger partial charge is 0.468 e. The van der Waals surface area contributed by atoms with Crippen LogP contribution in [0.25, 0.3) is 0 Å². The molecule has 2 N–H and O–H groups in total. The fourth-order valence-electron chi connectivity index (χ4n) is 4.60. The molecule has 1 aliphatic heterocycles. The Labute approximate surface area is 175 Å². The lowest BCUT2D eigenvalue weighted by Gasteiger charge is -2.47. The fraction of sp³-hybridized carbons (Fsp3) is 0.773. The van der Waals surface area contributed by atoms with Gasteiger partial charge in [0.2, 0.25) is 0 Å². The second-order valence-electron chi connectivity index (χ2n) is 8.46. The maximum Gasteiger partial charge on any atom is 0.191 e. The predicted octanol–water partition coefficient (Wildman–Crippen LogP) is 2.47. The molecular weight excluding hydrogens is 366 g/mol. The molecule has 0 aromatic carbocycles. The Morgan fingerprint density at radius 1 is 1.21 bits per heavy atom. The maximum absolute atomic E-state index is 5.64. The Kier molecular flexibility index (Phi) is 8.39. The molecule has 1 saturated carbocycles. The Hall–Kier alpha value is -1.57. The summed E-state index contributed by atoms with van der Waals surface area (Å²) in [6, 6.07) is 4.14. The molecule has 1 aliphatic carbocycles. The number of nitrogens with zero attached hydrogens (tertiary/aromatic N) is 3. The third-order valence-corrected chi connectivity index (χ3v) is 6.30. The van der Waals surface area contributed by atoms with Gasteiger partial charge < -0.3 is 19.8 Å². The van der Waals surface area contributed by atoms with Crippen LogP contribution in [0.15, 0.2) is 27.8 Å². The summed E-state index contributed by atoms with van der Waals surface area (Å²) < 4.78 is 11.2. The van der Waals surface area contributed by atoms with Gasteiger partial charge in [-0.3, -0.25) is 14.8 Å². The van der Waals surface area contributed by atoms with Crippen LogP contribution in [0.2, 0.25) is 0 Å². The molecule has 2 heterocycles. The van der Waals surface area contributed by atoms with Gasteiger partial charge in [0.15, 0.2) is 5.96 Å². The number of nitrogens with one attached hydrogen (secondary N) is 2. The summed E-state index contributed by atoms with van der Waals surface area (Å²) in [6.07, 6.45) is 8.17. The van der Waals surface area contributed by atoms with Gasteiger partial charge in [-0.2, -0.15) is 0 Å². The van der Waals surface area contributed by atoms with Crippen LogP contribution in [0.3, 0.4) is 0 Å². The number of ether oxygens (including phenoxy) is 1. The molecule has 1 unspecified atom stereocenters.